The van der Waals surface area contributed by atoms with E-state index in [-0.39, 0.29) is 30.5 Å². The van der Waals surface area contributed by atoms with Crippen molar-refractivity contribution in [1.82, 2.24) is 15.5 Å². The van der Waals surface area contributed by atoms with Gasteiger partial charge in [-0.15, -0.1) is 24.0 Å². The van der Waals surface area contributed by atoms with E-state index in [2.05, 4.69) is 34.5 Å². The normalized spacial score (nSPS) is 25.1. The molecule has 170 valence electrons. The summed E-state index contributed by atoms with van der Waals surface area (Å²) in [4.78, 5) is 7.22. The molecule has 0 aromatic heterocycles. The summed E-state index contributed by atoms with van der Waals surface area (Å²) in [6, 6.07) is 7.22. The fourth-order valence-electron chi connectivity index (χ4n) is 4.59. The van der Waals surface area contributed by atoms with Crippen LogP contribution in [0.2, 0.25) is 0 Å². The minimum atomic E-state index is -0.706. The Kier molecular flexibility index (Phi) is 9.96. The Morgan fingerprint density at radius 1 is 1.20 bits per heavy atom. The van der Waals surface area contributed by atoms with Crippen molar-refractivity contribution in [3.8, 4) is 11.5 Å². The van der Waals surface area contributed by atoms with Gasteiger partial charge in [0.25, 0.3) is 0 Å². The molecule has 2 fully saturated rings. The van der Waals surface area contributed by atoms with Crippen LogP contribution in [0.5, 0.6) is 11.5 Å². The van der Waals surface area contributed by atoms with Crippen molar-refractivity contribution < 1.29 is 14.6 Å². The number of guanidine groups is 1. The molecule has 3 atom stereocenters. The molecule has 0 spiro atoms. The molecule has 3 unspecified atom stereocenters. The van der Waals surface area contributed by atoms with Gasteiger partial charge in [0.1, 0.15) is 0 Å². The summed E-state index contributed by atoms with van der Waals surface area (Å²) in [5, 5.41) is 17.6. The van der Waals surface area contributed by atoms with Crippen LogP contribution in [0.3, 0.4) is 0 Å². The second-order valence-corrected chi connectivity index (χ2v) is 8.07. The summed E-state index contributed by atoms with van der Waals surface area (Å²) < 4.78 is 10.6. The van der Waals surface area contributed by atoms with Crippen molar-refractivity contribution in [2.45, 2.75) is 63.3 Å². The first-order valence-electron chi connectivity index (χ1n) is 10.7. The first-order valence-corrected chi connectivity index (χ1v) is 10.7. The molecular formula is C22H37IN4O3. The van der Waals surface area contributed by atoms with Gasteiger partial charge in [-0.1, -0.05) is 12.5 Å². The number of aliphatic hydroxyl groups excluding tert-OH is 1. The van der Waals surface area contributed by atoms with E-state index in [1.807, 2.05) is 12.1 Å². The lowest BCUT2D eigenvalue weighted by Crippen LogP contribution is -2.56. The molecule has 0 saturated carbocycles. The molecule has 3 N–H and O–H groups in total. The van der Waals surface area contributed by atoms with E-state index in [1.165, 1.54) is 19.3 Å². The summed E-state index contributed by atoms with van der Waals surface area (Å²) in [5.41, 5.74) is 0.760. The molecular weight excluding hydrogens is 495 g/mol. The number of aliphatic hydroxyl groups is 1. The van der Waals surface area contributed by atoms with Crippen LogP contribution in [-0.2, 0) is 0 Å². The molecule has 7 nitrogen and oxygen atoms in total. The molecule has 8 heteroatoms. The minimum Gasteiger partial charge on any atom is -0.493 e. The molecule has 2 heterocycles. The van der Waals surface area contributed by atoms with Crippen LogP contribution in [0.4, 0.5) is 0 Å². The van der Waals surface area contributed by atoms with Crippen LogP contribution in [0.15, 0.2) is 23.2 Å². The van der Waals surface area contributed by atoms with E-state index in [0.717, 1.165) is 30.9 Å². The predicted molar refractivity (Wildman–Crippen MR) is 131 cm³/mol. The first kappa shape index (κ1) is 25.0. The molecule has 2 bridgehead atoms. The van der Waals surface area contributed by atoms with Crippen molar-refractivity contribution >= 4 is 29.9 Å². The number of ether oxygens (including phenoxy) is 2. The molecule has 30 heavy (non-hydrogen) atoms. The smallest absolute Gasteiger partial charge is 0.191 e. The Balaban J connectivity index is 0.00000320. The number of nitrogens with one attached hydrogen (secondary N) is 2. The number of rotatable bonds is 7. The fraction of sp³-hybridized carbons (Fsp3) is 0.682. The van der Waals surface area contributed by atoms with Gasteiger partial charge in [-0.05, 0) is 57.4 Å². The van der Waals surface area contributed by atoms with Crippen LogP contribution >= 0.6 is 24.0 Å². The third-order valence-corrected chi connectivity index (χ3v) is 6.24. The zero-order valence-corrected chi connectivity index (χ0v) is 20.9. The second-order valence-electron chi connectivity index (χ2n) is 8.07. The summed E-state index contributed by atoms with van der Waals surface area (Å²) in [6.45, 7) is 3.13. The van der Waals surface area contributed by atoms with E-state index in [4.69, 9.17) is 9.47 Å². The van der Waals surface area contributed by atoms with Gasteiger partial charge in [0, 0.05) is 24.7 Å². The Labute approximate surface area is 197 Å². The zero-order valence-electron chi connectivity index (χ0n) is 18.6. The quantitative estimate of drug-likeness (QED) is 0.285. The molecule has 2 saturated heterocycles. The molecule has 0 radical (unpaired) electrons. The van der Waals surface area contributed by atoms with E-state index >= 15 is 0 Å². The highest BCUT2D eigenvalue weighted by Crippen LogP contribution is 2.33. The van der Waals surface area contributed by atoms with E-state index in [9.17, 15) is 5.11 Å². The Morgan fingerprint density at radius 3 is 2.47 bits per heavy atom. The Bertz CT molecular complexity index is 689. The number of hydrogen-bond acceptors (Lipinski definition) is 5. The maximum atomic E-state index is 10.6. The number of aliphatic imine (C=N–C) groups is 1. The van der Waals surface area contributed by atoms with E-state index in [1.54, 1.807) is 20.3 Å². The fourth-order valence-corrected chi connectivity index (χ4v) is 4.59. The largest absolute Gasteiger partial charge is 0.493 e. The van der Waals surface area contributed by atoms with E-state index in [0.29, 0.717) is 29.6 Å². The van der Waals surface area contributed by atoms with Crippen molar-refractivity contribution in [3.63, 3.8) is 0 Å². The number of halogens is 1. The molecule has 1 aromatic rings. The van der Waals surface area contributed by atoms with Crippen LogP contribution < -0.4 is 20.1 Å². The molecule has 1 aromatic carbocycles. The van der Waals surface area contributed by atoms with Gasteiger partial charge in [-0.2, -0.15) is 0 Å². The summed E-state index contributed by atoms with van der Waals surface area (Å²) in [5.74, 6) is 2.03. The SMILES string of the molecule is CCNC(=NCC(O)c1ccc(OC)c(OC)c1)NC1CC2CCCC(C1)N2C.I. The number of benzene rings is 1. The van der Waals surface area contributed by atoms with Gasteiger partial charge in [0.2, 0.25) is 0 Å². The Hall–Kier alpha value is -1.26. The number of nitrogens with zero attached hydrogens (tertiary/aromatic N) is 2. The van der Waals surface area contributed by atoms with Crippen molar-refractivity contribution in [1.29, 1.82) is 0 Å². The van der Waals surface area contributed by atoms with Gasteiger partial charge in [-0.3, -0.25) is 4.99 Å². The molecule has 0 aliphatic carbocycles. The minimum absolute atomic E-state index is 0. The maximum Gasteiger partial charge on any atom is 0.191 e. The highest BCUT2D eigenvalue weighted by Gasteiger charge is 2.36. The molecule has 3 rings (SSSR count). The molecule has 2 aliphatic rings. The molecule has 2 aliphatic heterocycles. The topological polar surface area (TPSA) is 78.4 Å². The lowest BCUT2D eigenvalue weighted by atomic mass is 9.82. The Morgan fingerprint density at radius 2 is 1.87 bits per heavy atom. The lowest BCUT2D eigenvalue weighted by molar-refractivity contribution is 0.0526. The average Bonchev–Trinajstić information content (AvgIpc) is 2.72. The van der Waals surface area contributed by atoms with Gasteiger partial charge in [0.05, 0.1) is 26.9 Å². The number of piperidine rings is 2. The van der Waals surface area contributed by atoms with Gasteiger partial charge in [0.15, 0.2) is 17.5 Å². The highest BCUT2D eigenvalue weighted by atomic mass is 127. The van der Waals surface area contributed by atoms with Crippen molar-refractivity contribution in [2.24, 2.45) is 4.99 Å². The van der Waals surface area contributed by atoms with Crippen molar-refractivity contribution in [2.75, 3.05) is 34.4 Å². The highest BCUT2D eigenvalue weighted by molar-refractivity contribution is 14.0. The maximum absolute atomic E-state index is 10.6. The van der Waals surface area contributed by atoms with Crippen molar-refractivity contribution in [3.05, 3.63) is 23.8 Å². The third kappa shape index (κ3) is 6.13. The standard InChI is InChI=1S/C22H36N4O3.HI/c1-5-23-22(25-16-12-17-7-6-8-18(13-16)26(17)2)24-14-19(27)15-9-10-20(28-3)21(11-15)29-4;/h9-11,16-19,27H,5-8,12-14H2,1-4H3,(H2,23,24,25);1H. The summed E-state index contributed by atoms with van der Waals surface area (Å²) in [7, 11) is 5.46. The van der Waals surface area contributed by atoms with Crippen LogP contribution in [0.1, 0.15) is 50.7 Å². The number of hydrogen-bond donors (Lipinski definition) is 3. The van der Waals surface area contributed by atoms with Crippen LogP contribution in [0, 0.1) is 0 Å². The van der Waals surface area contributed by atoms with E-state index < -0.39 is 6.10 Å². The van der Waals surface area contributed by atoms with Gasteiger partial charge in [-0.25, -0.2) is 0 Å². The van der Waals surface area contributed by atoms with Crippen LogP contribution in [0.25, 0.3) is 0 Å². The third-order valence-electron chi connectivity index (χ3n) is 6.24. The van der Waals surface area contributed by atoms with Crippen LogP contribution in [-0.4, -0.2) is 68.4 Å². The lowest BCUT2D eigenvalue weighted by Gasteiger charge is -2.47. The number of methoxy groups -OCH3 is 2. The summed E-state index contributed by atoms with van der Waals surface area (Å²) >= 11 is 0. The molecule has 0 amide bonds. The average molecular weight is 532 g/mol. The second kappa shape index (κ2) is 12.0. The van der Waals surface area contributed by atoms with Gasteiger partial charge < -0.3 is 30.1 Å². The zero-order chi connectivity index (χ0) is 20.8. The monoisotopic (exact) mass is 532 g/mol. The predicted octanol–water partition coefficient (Wildman–Crippen LogP) is 2.93. The summed E-state index contributed by atoms with van der Waals surface area (Å²) in [6.07, 6.45) is 5.51. The number of fused-ring (bicyclic) bond motifs is 2. The van der Waals surface area contributed by atoms with Gasteiger partial charge >= 0.3 is 0 Å². The first-order chi connectivity index (χ1) is 14.0.